The lowest BCUT2D eigenvalue weighted by Crippen LogP contribution is -2.24. The largest absolute Gasteiger partial charge is 0.508 e. The molecule has 3 N–H and O–H groups in total. The van der Waals surface area contributed by atoms with Gasteiger partial charge in [-0.05, 0) is 99.1 Å². The van der Waals surface area contributed by atoms with Crippen LogP contribution in [0.15, 0.2) is 77.6 Å². The molecule has 228 valence electrons. The molecule has 7 nitrogen and oxygen atoms in total. The van der Waals surface area contributed by atoms with Crippen LogP contribution in [0.3, 0.4) is 0 Å². The monoisotopic (exact) mass is 586 g/mol. The van der Waals surface area contributed by atoms with Crippen molar-refractivity contribution in [1.82, 2.24) is 0 Å². The van der Waals surface area contributed by atoms with Gasteiger partial charge < -0.3 is 24.8 Å². The van der Waals surface area contributed by atoms with Crippen LogP contribution in [0.2, 0.25) is 0 Å². The van der Waals surface area contributed by atoms with E-state index in [0.29, 0.717) is 28.9 Å². The number of rotatable bonds is 12. The first-order chi connectivity index (χ1) is 20.4. The quantitative estimate of drug-likeness (QED) is 0.100. The Morgan fingerprint density at radius 3 is 2.33 bits per heavy atom. The summed E-state index contributed by atoms with van der Waals surface area (Å²) >= 11 is 0. The SMILES string of the molecule is COc1cc(C=CC(=O)C=C(O)C=Cc2cc(OC)c(O)c(C3C=C(C)CCC3C(C)CC(=O)C=C(C)C)c2)ccc1O. The van der Waals surface area contributed by atoms with Gasteiger partial charge in [0.2, 0.25) is 0 Å². The van der Waals surface area contributed by atoms with Gasteiger partial charge in [0.1, 0.15) is 5.76 Å². The van der Waals surface area contributed by atoms with Gasteiger partial charge in [-0.3, -0.25) is 9.59 Å². The Kier molecular flexibility index (Phi) is 11.6. The van der Waals surface area contributed by atoms with Crippen LogP contribution in [0.5, 0.6) is 23.0 Å². The fraction of sp³-hybridized carbons (Fsp3) is 0.333. The molecule has 0 radical (unpaired) electrons. The van der Waals surface area contributed by atoms with E-state index in [1.807, 2.05) is 19.9 Å². The first-order valence-corrected chi connectivity index (χ1v) is 14.4. The van der Waals surface area contributed by atoms with Crippen molar-refractivity contribution < 1.29 is 34.4 Å². The molecule has 43 heavy (non-hydrogen) atoms. The Hall–Kier alpha value is -4.52. The van der Waals surface area contributed by atoms with E-state index in [9.17, 15) is 24.9 Å². The fourth-order valence-corrected chi connectivity index (χ4v) is 5.45. The van der Waals surface area contributed by atoms with Crippen LogP contribution in [-0.4, -0.2) is 41.1 Å². The van der Waals surface area contributed by atoms with Crippen molar-refractivity contribution in [1.29, 1.82) is 0 Å². The summed E-state index contributed by atoms with van der Waals surface area (Å²) in [5.74, 6) is 0.167. The van der Waals surface area contributed by atoms with Crippen LogP contribution in [0.4, 0.5) is 0 Å². The third-order valence-corrected chi connectivity index (χ3v) is 7.59. The minimum absolute atomic E-state index is 0.00285. The topological polar surface area (TPSA) is 113 Å². The highest BCUT2D eigenvalue weighted by Gasteiger charge is 2.32. The number of carbonyl (C=O) groups is 2. The number of aromatic hydroxyl groups is 2. The van der Waals surface area contributed by atoms with Crippen molar-refractivity contribution in [3.8, 4) is 23.0 Å². The number of aliphatic hydroxyl groups excluding tert-OH is 1. The molecular weight excluding hydrogens is 544 g/mol. The number of phenols is 2. The number of hydrogen-bond acceptors (Lipinski definition) is 7. The molecule has 2 aromatic rings. The molecule has 1 aliphatic rings. The highest BCUT2D eigenvalue weighted by atomic mass is 16.5. The van der Waals surface area contributed by atoms with Crippen LogP contribution in [0.1, 0.15) is 69.6 Å². The average molecular weight is 587 g/mol. The Bertz CT molecular complexity index is 1490. The highest BCUT2D eigenvalue weighted by Crippen LogP contribution is 2.47. The number of hydrogen-bond donors (Lipinski definition) is 3. The smallest absolute Gasteiger partial charge is 0.182 e. The third-order valence-electron chi connectivity index (χ3n) is 7.59. The van der Waals surface area contributed by atoms with Crippen LogP contribution < -0.4 is 9.47 Å². The molecule has 2 aromatic carbocycles. The van der Waals surface area contributed by atoms with Gasteiger partial charge in [-0.15, -0.1) is 0 Å². The molecule has 0 amide bonds. The van der Waals surface area contributed by atoms with Crippen molar-refractivity contribution in [3.63, 3.8) is 0 Å². The summed E-state index contributed by atoms with van der Waals surface area (Å²) in [6, 6.07) is 8.22. The molecule has 0 aliphatic heterocycles. The van der Waals surface area contributed by atoms with Crippen molar-refractivity contribution in [2.24, 2.45) is 11.8 Å². The minimum Gasteiger partial charge on any atom is -0.508 e. The van der Waals surface area contributed by atoms with E-state index in [1.54, 1.807) is 36.4 Å². The van der Waals surface area contributed by atoms with E-state index < -0.39 is 5.78 Å². The van der Waals surface area contributed by atoms with Crippen molar-refractivity contribution in [3.05, 3.63) is 94.3 Å². The standard InChI is InChI=1S/C36H42O7/c1-22(2)15-29(39)17-24(4)30-13-7-23(3)16-31(30)32-18-26(20-35(43-6)36(32)41)9-12-28(38)21-27(37)11-8-25-10-14-33(40)34(19-25)42-5/h8-12,14-16,18-21,24,30-31,38,40-41H,7,13,17H2,1-6H3. The Balaban J connectivity index is 1.86. The van der Waals surface area contributed by atoms with E-state index in [0.717, 1.165) is 24.5 Å². The zero-order valence-corrected chi connectivity index (χ0v) is 25.8. The second-order valence-electron chi connectivity index (χ2n) is 11.3. The van der Waals surface area contributed by atoms with E-state index >= 15 is 0 Å². The summed E-state index contributed by atoms with van der Waals surface area (Å²) in [5, 5.41) is 31.3. The maximum absolute atomic E-state index is 12.6. The lowest BCUT2D eigenvalue weighted by Gasteiger charge is -2.35. The van der Waals surface area contributed by atoms with Gasteiger partial charge in [0.05, 0.1) is 14.2 Å². The lowest BCUT2D eigenvalue weighted by molar-refractivity contribution is -0.115. The van der Waals surface area contributed by atoms with Gasteiger partial charge in [-0.1, -0.05) is 42.4 Å². The number of allylic oxidation sites excluding steroid dienone is 7. The molecule has 3 rings (SSSR count). The van der Waals surface area contributed by atoms with Gasteiger partial charge >= 0.3 is 0 Å². The number of aliphatic hydroxyl groups is 1. The molecule has 0 fully saturated rings. The van der Waals surface area contributed by atoms with Gasteiger partial charge in [0, 0.05) is 24.0 Å². The zero-order chi connectivity index (χ0) is 31.7. The number of ether oxygens (including phenoxy) is 2. The van der Waals surface area contributed by atoms with Crippen LogP contribution >= 0.6 is 0 Å². The fourth-order valence-electron chi connectivity index (χ4n) is 5.45. The molecule has 7 heteroatoms. The number of benzene rings is 2. The third kappa shape index (κ3) is 9.23. The molecule has 3 unspecified atom stereocenters. The molecule has 0 heterocycles. The summed E-state index contributed by atoms with van der Waals surface area (Å²) in [6.07, 6.45) is 13.1. The van der Waals surface area contributed by atoms with Gasteiger partial charge in [-0.2, -0.15) is 0 Å². The lowest BCUT2D eigenvalue weighted by atomic mass is 9.70. The van der Waals surface area contributed by atoms with Gasteiger partial charge in [0.15, 0.2) is 34.6 Å². The van der Waals surface area contributed by atoms with Crippen molar-refractivity contribution in [2.45, 2.75) is 52.9 Å². The summed E-state index contributed by atoms with van der Waals surface area (Å²) in [4.78, 5) is 25.0. The maximum atomic E-state index is 12.6. The normalized spacial score (nSPS) is 17.9. The maximum Gasteiger partial charge on any atom is 0.182 e. The molecule has 1 aliphatic carbocycles. The first kappa shape index (κ1) is 33.0. The van der Waals surface area contributed by atoms with Crippen LogP contribution in [-0.2, 0) is 9.59 Å². The molecule has 0 saturated heterocycles. The molecule has 0 aromatic heterocycles. The predicted molar refractivity (Wildman–Crippen MR) is 171 cm³/mol. The number of carbonyl (C=O) groups excluding carboxylic acids is 2. The molecule has 0 saturated carbocycles. The minimum atomic E-state index is -0.430. The molecule has 0 spiro atoms. The zero-order valence-electron chi connectivity index (χ0n) is 25.8. The second kappa shape index (κ2) is 15.1. The molecule has 0 bridgehead atoms. The predicted octanol–water partition coefficient (Wildman–Crippen LogP) is 7.85. The van der Waals surface area contributed by atoms with Gasteiger partial charge in [-0.25, -0.2) is 0 Å². The second-order valence-corrected chi connectivity index (χ2v) is 11.3. The van der Waals surface area contributed by atoms with Crippen LogP contribution in [0, 0.1) is 11.8 Å². The van der Waals surface area contributed by atoms with E-state index in [2.05, 4.69) is 19.9 Å². The summed E-state index contributed by atoms with van der Waals surface area (Å²) in [7, 11) is 2.92. The van der Waals surface area contributed by atoms with Crippen LogP contribution in [0.25, 0.3) is 12.2 Å². The average Bonchev–Trinajstić information content (AvgIpc) is 2.95. The molecular formula is C36H42O7. The van der Waals surface area contributed by atoms with Gasteiger partial charge in [0.25, 0.3) is 0 Å². The molecule has 3 atom stereocenters. The van der Waals surface area contributed by atoms with Crippen molar-refractivity contribution >= 4 is 23.7 Å². The van der Waals surface area contributed by atoms with E-state index in [1.165, 1.54) is 38.0 Å². The number of methoxy groups -OCH3 is 2. The Morgan fingerprint density at radius 1 is 0.977 bits per heavy atom. The van der Waals surface area contributed by atoms with E-state index in [4.69, 9.17) is 9.47 Å². The van der Waals surface area contributed by atoms with E-state index in [-0.39, 0.29) is 46.5 Å². The number of ketones is 2. The van der Waals surface area contributed by atoms with Crippen molar-refractivity contribution in [2.75, 3.05) is 14.2 Å². The Labute approximate surface area is 254 Å². The summed E-state index contributed by atoms with van der Waals surface area (Å²) in [6.45, 7) is 7.99. The first-order valence-electron chi connectivity index (χ1n) is 14.4. The summed E-state index contributed by atoms with van der Waals surface area (Å²) in [5.41, 5.74) is 4.21. The highest BCUT2D eigenvalue weighted by molar-refractivity contribution is 6.02. The number of phenolic OH excluding ortho intramolecular Hbond substituents is 2. The summed E-state index contributed by atoms with van der Waals surface area (Å²) < 4.78 is 10.6. The Morgan fingerprint density at radius 2 is 1.65 bits per heavy atom.